The summed E-state index contributed by atoms with van der Waals surface area (Å²) in [5.74, 6) is 0. The van der Waals surface area contributed by atoms with E-state index in [0.717, 1.165) is 16.8 Å². The smallest absolute Gasteiger partial charge is 0.0379 e. The van der Waals surface area contributed by atoms with Crippen LogP contribution in [0, 0.1) is 0 Å². The standard InChI is InChI=1S/C42H31N/c1-3-13-31(14-4-1)24-25-32(15-12-30-43-35-16-5-2-6-17-35)33-26-28-34(29-27-33)36-22-11-23-41-39-19-8-7-18-37(39)38-20-9-10-21-40(38)42(36)41/h1-30,43H/b25-24-,30-12+,32-15+. The van der Waals surface area contributed by atoms with Crippen molar-refractivity contribution in [3.63, 3.8) is 0 Å². The second-order valence-electron chi connectivity index (χ2n) is 10.6. The van der Waals surface area contributed by atoms with Gasteiger partial charge in [0.05, 0.1) is 0 Å². The molecule has 7 aromatic carbocycles. The predicted molar refractivity (Wildman–Crippen MR) is 187 cm³/mol. The van der Waals surface area contributed by atoms with Gasteiger partial charge in [0.1, 0.15) is 0 Å². The molecule has 0 aromatic heterocycles. The molecule has 0 aliphatic carbocycles. The van der Waals surface area contributed by atoms with Crippen molar-refractivity contribution in [1.29, 1.82) is 0 Å². The van der Waals surface area contributed by atoms with Gasteiger partial charge in [0, 0.05) is 11.9 Å². The molecule has 0 fully saturated rings. The second-order valence-corrected chi connectivity index (χ2v) is 10.6. The Kier molecular flexibility index (Phi) is 7.36. The number of para-hydroxylation sites is 1. The van der Waals surface area contributed by atoms with E-state index in [1.807, 2.05) is 30.5 Å². The number of benzene rings is 7. The molecule has 7 rings (SSSR count). The first-order valence-corrected chi connectivity index (χ1v) is 14.7. The maximum atomic E-state index is 3.35. The van der Waals surface area contributed by atoms with Crippen molar-refractivity contribution in [2.24, 2.45) is 0 Å². The van der Waals surface area contributed by atoms with Crippen LogP contribution in [-0.2, 0) is 0 Å². The summed E-state index contributed by atoms with van der Waals surface area (Å²) < 4.78 is 0. The van der Waals surface area contributed by atoms with Crippen LogP contribution in [0.2, 0.25) is 0 Å². The summed E-state index contributed by atoms with van der Waals surface area (Å²) in [7, 11) is 0. The number of hydrogen-bond acceptors (Lipinski definition) is 1. The molecule has 0 saturated heterocycles. The Bertz CT molecular complexity index is 2070. The molecular formula is C42H31N. The van der Waals surface area contributed by atoms with Crippen molar-refractivity contribution in [3.05, 3.63) is 187 Å². The lowest BCUT2D eigenvalue weighted by atomic mass is 9.89. The third-order valence-electron chi connectivity index (χ3n) is 7.95. The van der Waals surface area contributed by atoms with Gasteiger partial charge in [0.15, 0.2) is 0 Å². The Hall–Kier alpha value is -5.66. The van der Waals surface area contributed by atoms with E-state index >= 15 is 0 Å². The zero-order chi connectivity index (χ0) is 28.8. The van der Waals surface area contributed by atoms with E-state index in [1.54, 1.807) is 0 Å². The maximum absolute atomic E-state index is 3.35. The highest BCUT2D eigenvalue weighted by molar-refractivity contribution is 6.28. The average Bonchev–Trinajstić information content (AvgIpc) is 3.09. The molecule has 0 atom stereocenters. The molecule has 0 aliphatic heterocycles. The quantitative estimate of drug-likeness (QED) is 0.154. The van der Waals surface area contributed by atoms with Crippen LogP contribution in [0.15, 0.2) is 176 Å². The zero-order valence-corrected chi connectivity index (χ0v) is 23.8. The van der Waals surface area contributed by atoms with E-state index in [1.165, 1.54) is 49.0 Å². The Morgan fingerprint density at radius 3 is 1.72 bits per heavy atom. The van der Waals surface area contributed by atoms with Crippen molar-refractivity contribution in [2.75, 3.05) is 5.32 Å². The van der Waals surface area contributed by atoms with E-state index in [0.29, 0.717) is 0 Å². The lowest BCUT2D eigenvalue weighted by Gasteiger charge is -2.14. The van der Waals surface area contributed by atoms with Gasteiger partial charge in [-0.05, 0) is 78.4 Å². The Labute approximate surface area is 252 Å². The van der Waals surface area contributed by atoms with E-state index in [4.69, 9.17) is 0 Å². The third kappa shape index (κ3) is 5.49. The molecule has 0 spiro atoms. The van der Waals surface area contributed by atoms with Crippen molar-refractivity contribution >= 4 is 49.7 Å². The van der Waals surface area contributed by atoms with Crippen molar-refractivity contribution < 1.29 is 0 Å². The lowest BCUT2D eigenvalue weighted by molar-refractivity contribution is 1.57. The highest BCUT2D eigenvalue weighted by Gasteiger charge is 2.12. The van der Waals surface area contributed by atoms with Crippen LogP contribution in [0.3, 0.4) is 0 Å². The minimum absolute atomic E-state index is 1.06. The van der Waals surface area contributed by atoms with Gasteiger partial charge >= 0.3 is 0 Å². The van der Waals surface area contributed by atoms with E-state index < -0.39 is 0 Å². The molecule has 204 valence electrons. The summed E-state index contributed by atoms with van der Waals surface area (Å²) in [4.78, 5) is 0. The van der Waals surface area contributed by atoms with E-state index in [-0.39, 0.29) is 0 Å². The molecule has 0 bridgehead atoms. The number of rotatable bonds is 7. The number of fused-ring (bicyclic) bond motifs is 6. The second kappa shape index (κ2) is 12.1. The molecule has 0 saturated carbocycles. The van der Waals surface area contributed by atoms with Crippen LogP contribution in [0.5, 0.6) is 0 Å². The molecule has 0 radical (unpaired) electrons. The first-order valence-electron chi connectivity index (χ1n) is 14.7. The SMILES string of the molecule is C(=C/c1ccccc1)/C(=C\C=C\Nc1ccccc1)c1ccc(-c2cccc3c4ccccc4c4ccccc4c23)cc1. The van der Waals surface area contributed by atoms with E-state index in [9.17, 15) is 0 Å². The highest BCUT2D eigenvalue weighted by atomic mass is 14.8. The Balaban J connectivity index is 1.28. The Morgan fingerprint density at radius 2 is 1.05 bits per heavy atom. The van der Waals surface area contributed by atoms with Gasteiger partial charge in [-0.1, -0.05) is 158 Å². The van der Waals surface area contributed by atoms with Crippen molar-refractivity contribution in [2.45, 2.75) is 0 Å². The monoisotopic (exact) mass is 549 g/mol. The number of anilines is 1. The fraction of sp³-hybridized carbons (Fsp3) is 0. The van der Waals surface area contributed by atoms with Crippen molar-refractivity contribution in [3.8, 4) is 11.1 Å². The molecule has 7 aromatic rings. The van der Waals surface area contributed by atoms with Gasteiger partial charge in [-0.15, -0.1) is 0 Å². The topological polar surface area (TPSA) is 12.0 Å². The largest absolute Gasteiger partial charge is 0.362 e. The molecule has 1 N–H and O–H groups in total. The van der Waals surface area contributed by atoms with Crippen molar-refractivity contribution in [1.82, 2.24) is 0 Å². The van der Waals surface area contributed by atoms with Crippen LogP contribution >= 0.6 is 0 Å². The van der Waals surface area contributed by atoms with Crippen LogP contribution in [0.1, 0.15) is 11.1 Å². The van der Waals surface area contributed by atoms with Crippen LogP contribution in [-0.4, -0.2) is 0 Å². The summed E-state index contributed by atoms with van der Waals surface area (Å²) in [6, 6.07) is 53.8. The summed E-state index contributed by atoms with van der Waals surface area (Å²) in [6.07, 6.45) is 10.6. The zero-order valence-electron chi connectivity index (χ0n) is 23.8. The molecule has 0 aliphatic rings. The summed E-state index contributed by atoms with van der Waals surface area (Å²) >= 11 is 0. The molecule has 1 heteroatoms. The minimum atomic E-state index is 1.06. The molecule has 0 heterocycles. The molecule has 43 heavy (non-hydrogen) atoms. The minimum Gasteiger partial charge on any atom is -0.362 e. The molecule has 0 unspecified atom stereocenters. The number of allylic oxidation sites excluding steroid dienone is 4. The first-order chi connectivity index (χ1) is 21.3. The molecule has 0 amide bonds. The van der Waals surface area contributed by atoms with E-state index in [2.05, 4.69) is 157 Å². The normalized spacial score (nSPS) is 12.1. The van der Waals surface area contributed by atoms with Gasteiger partial charge in [0.25, 0.3) is 0 Å². The first kappa shape index (κ1) is 26.3. The summed E-state index contributed by atoms with van der Waals surface area (Å²) in [5.41, 5.74) is 7.00. The maximum Gasteiger partial charge on any atom is 0.0379 e. The molecule has 1 nitrogen and oxygen atoms in total. The van der Waals surface area contributed by atoms with Gasteiger partial charge in [-0.3, -0.25) is 0 Å². The Morgan fingerprint density at radius 1 is 0.488 bits per heavy atom. The van der Waals surface area contributed by atoms with Gasteiger partial charge in [0.2, 0.25) is 0 Å². The number of hydrogen-bond donors (Lipinski definition) is 1. The van der Waals surface area contributed by atoms with Gasteiger partial charge in [-0.25, -0.2) is 0 Å². The number of nitrogens with one attached hydrogen (secondary N) is 1. The summed E-state index contributed by atoms with van der Waals surface area (Å²) in [6.45, 7) is 0. The highest BCUT2D eigenvalue weighted by Crippen LogP contribution is 2.40. The van der Waals surface area contributed by atoms with Crippen LogP contribution in [0.25, 0.3) is 55.1 Å². The fourth-order valence-electron chi connectivity index (χ4n) is 5.87. The average molecular weight is 550 g/mol. The van der Waals surface area contributed by atoms with Crippen LogP contribution < -0.4 is 5.32 Å². The van der Waals surface area contributed by atoms with Gasteiger partial charge in [-0.2, -0.15) is 0 Å². The van der Waals surface area contributed by atoms with Crippen LogP contribution in [0.4, 0.5) is 5.69 Å². The lowest BCUT2D eigenvalue weighted by Crippen LogP contribution is -1.88. The predicted octanol–water partition coefficient (Wildman–Crippen LogP) is 11.5. The fourth-order valence-corrected chi connectivity index (χ4v) is 5.87. The van der Waals surface area contributed by atoms with Gasteiger partial charge < -0.3 is 5.32 Å². The molecular weight excluding hydrogens is 518 g/mol. The third-order valence-corrected chi connectivity index (χ3v) is 7.95. The summed E-state index contributed by atoms with van der Waals surface area (Å²) in [5, 5.41) is 11.1.